The third kappa shape index (κ3) is 4.73. The van der Waals surface area contributed by atoms with Crippen LogP contribution in [0, 0.1) is 5.92 Å². The first-order valence-corrected chi connectivity index (χ1v) is 9.37. The zero-order valence-corrected chi connectivity index (χ0v) is 14.9. The van der Waals surface area contributed by atoms with Crippen molar-refractivity contribution in [3.05, 3.63) is 29.8 Å². The molecule has 0 atom stereocenters. The Morgan fingerprint density at radius 2 is 1.96 bits per heavy atom. The van der Waals surface area contributed by atoms with E-state index in [4.69, 9.17) is 4.74 Å². The van der Waals surface area contributed by atoms with Crippen LogP contribution < -0.4 is 4.74 Å². The van der Waals surface area contributed by atoms with Crippen molar-refractivity contribution in [2.24, 2.45) is 5.92 Å². The van der Waals surface area contributed by atoms with Crippen LogP contribution in [0.2, 0.25) is 0 Å². The average Bonchev–Trinajstić information content (AvgIpc) is 2.79. The van der Waals surface area contributed by atoms with Gasteiger partial charge in [-0.25, -0.2) is 0 Å². The molecule has 1 aromatic carbocycles. The van der Waals surface area contributed by atoms with Gasteiger partial charge in [-0.1, -0.05) is 31.4 Å². The number of carbonyl (C=O) groups is 1. The third-order valence-electron chi connectivity index (χ3n) is 5.42. The van der Waals surface area contributed by atoms with Crippen molar-refractivity contribution in [2.75, 3.05) is 33.3 Å². The maximum atomic E-state index is 12.5. The van der Waals surface area contributed by atoms with Gasteiger partial charge in [-0.15, -0.1) is 0 Å². The largest absolute Gasteiger partial charge is 0.497 e. The monoisotopic (exact) mass is 330 g/mol. The first-order chi connectivity index (χ1) is 11.7. The van der Waals surface area contributed by atoms with Gasteiger partial charge in [0, 0.05) is 39.1 Å². The predicted octanol–water partition coefficient (Wildman–Crippen LogP) is 3.31. The highest BCUT2D eigenvalue weighted by molar-refractivity contribution is 5.76. The van der Waals surface area contributed by atoms with E-state index >= 15 is 0 Å². The number of ether oxygens (including phenoxy) is 1. The molecule has 0 radical (unpaired) electrons. The summed E-state index contributed by atoms with van der Waals surface area (Å²) in [5, 5.41) is 0. The molecule has 0 aromatic heterocycles. The zero-order chi connectivity index (χ0) is 16.8. The number of hydrogen-bond acceptors (Lipinski definition) is 3. The summed E-state index contributed by atoms with van der Waals surface area (Å²) >= 11 is 0. The highest BCUT2D eigenvalue weighted by Gasteiger charge is 2.24. The number of hydrogen-bond donors (Lipinski definition) is 0. The second-order valence-electron chi connectivity index (χ2n) is 7.22. The molecule has 2 fully saturated rings. The molecule has 1 aromatic rings. The normalized spacial score (nSPS) is 20.9. The Bertz CT molecular complexity index is 540. The quantitative estimate of drug-likeness (QED) is 0.830. The van der Waals surface area contributed by atoms with E-state index in [-0.39, 0.29) is 0 Å². The standard InChI is InChI=1S/C20H30N2O2/c1-24-19-9-5-8-18(14-19)15-21-11-10-20(23)22(13-12-21)16-17-6-3-2-4-7-17/h5,8-9,14,17H,2-4,6-7,10-13,15-16H2,1H3. The van der Waals surface area contributed by atoms with Gasteiger partial charge >= 0.3 is 0 Å². The molecule has 3 rings (SSSR count). The van der Waals surface area contributed by atoms with Gasteiger partial charge in [0.2, 0.25) is 5.91 Å². The van der Waals surface area contributed by atoms with E-state index in [1.165, 1.54) is 37.7 Å². The summed E-state index contributed by atoms with van der Waals surface area (Å²) in [5.41, 5.74) is 1.25. The zero-order valence-electron chi connectivity index (χ0n) is 14.9. The van der Waals surface area contributed by atoms with Gasteiger partial charge < -0.3 is 9.64 Å². The second-order valence-corrected chi connectivity index (χ2v) is 7.22. The van der Waals surface area contributed by atoms with Crippen LogP contribution in [0.15, 0.2) is 24.3 Å². The molecule has 2 aliphatic rings. The van der Waals surface area contributed by atoms with Crippen LogP contribution in [0.25, 0.3) is 0 Å². The summed E-state index contributed by atoms with van der Waals surface area (Å²) in [6, 6.07) is 8.23. The molecular formula is C20H30N2O2. The molecule has 0 bridgehead atoms. The van der Waals surface area contributed by atoms with E-state index in [1.807, 2.05) is 12.1 Å². The van der Waals surface area contributed by atoms with E-state index < -0.39 is 0 Å². The van der Waals surface area contributed by atoms with E-state index in [0.717, 1.165) is 44.4 Å². The van der Waals surface area contributed by atoms with E-state index in [9.17, 15) is 4.79 Å². The van der Waals surface area contributed by atoms with Crippen molar-refractivity contribution in [2.45, 2.75) is 45.1 Å². The van der Waals surface area contributed by atoms with Crippen LogP contribution in [0.5, 0.6) is 5.75 Å². The first kappa shape index (κ1) is 17.3. The van der Waals surface area contributed by atoms with Crippen LogP contribution >= 0.6 is 0 Å². The number of benzene rings is 1. The molecule has 1 aliphatic heterocycles. The molecule has 4 nitrogen and oxygen atoms in total. The van der Waals surface area contributed by atoms with Crippen molar-refractivity contribution < 1.29 is 9.53 Å². The maximum Gasteiger partial charge on any atom is 0.223 e. The minimum atomic E-state index is 0.341. The number of nitrogens with zero attached hydrogens (tertiary/aromatic N) is 2. The average molecular weight is 330 g/mol. The molecular weight excluding hydrogens is 300 g/mol. The van der Waals surface area contributed by atoms with Gasteiger partial charge in [-0.05, 0) is 36.5 Å². The van der Waals surface area contributed by atoms with E-state index in [1.54, 1.807) is 7.11 Å². The van der Waals surface area contributed by atoms with Crippen molar-refractivity contribution in [1.29, 1.82) is 0 Å². The highest BCUT2D eigenvalue weighted by atomic mass is 16.5. The Kier molecular flexibility index (Phi) is 6.13. The maximum absolute atomic E-state index is 12.5. The summed E-state index contributed by atoms with van der Waals surface area (Å²) in [7, 11) is 1.70. The van der Waals surface area contributed by atoms with Gasteiger partial charge in [0.05, 0.1) is 7.11 Å². The van der Waals surface area contributed by atoms with Gasteiger partial charge in [-0.3, -0.25) is 9.69 Å². The summed E-state index contributed by atoms with van der Waals surface area (Å²) < 4.78 is 5.31. The smallest absolute Gasteiger partial charge is 0.223 e. The molecule has 1 amide bonds. The van der Waals surface area contributed by atoms with E-state index in [2.05, 4.69) is 21.9 Å². The Balaban J connectivity index is 1.54. The van der Waals surface area contributed by atoms with Crippen molar-refractivity contribution in [3.63, 3.8) is 0 Å². The minimum Gasteiger partial charge on any atom is -0.497 e. The Morgan fingerprint density at radius 3 is 2.75 bits per heavy atom. The fourth-order valence-electron chi connectivity index (χ4n) is 3.97. The van der Waals surface area contributed by atoms with Crippen LogP contribution in [-0.2, 0) is 11.3 Å². The summed E-state index contributed by atoms with van der Waals surface area (Å²) in [5.74, 6) is 1.97. The number of carbonyl (C=O) groups excluding carboxylic acids is 1. The molecule has 24 heavy (non-hydrogen) atoms. The molecule has 1 saturated heterocycles. The second kappa shape index (κ2) is 8.52. The van der Waals surface area contributed by atoms with E-state index in [0.29, 0.717) is 12.3 Å². The minimum absolute atomic E-state index is 0.341. The molecule has 4 heteroatoms. The van der Waals surface area contributed by atoms with Gasteiger partial charge in [-0.2, -0.15) is 0 Å². The highest BCUT2D eigenvalue weighted by Crippen LogP contribution is 2.25. The summed E-state index contributed by atoms with van der Waals surface area (Å²) in [4.78, 5) is 17.0. The van der Waals surface area contributed by atoms with Crippen LogP contribution in [0.1, 0.15) is 44.1 Å². The Hall–Kier alpha value is -1.55. The molecule has 1 heterocycles. The lowest BCUT2D eigenvalue weighted by atomic mass is 9.89. The lowest BCUT2D eigenvalue weighted by molar-refractivity contribution is -0.131. The third-order valence-corrected chi connectivity index (χ3v) is 5.42. The molecule has 132 valence electrons. The van der Waals surface area contributed by atoms with Gasteiger partial charge in [0.25, 0.3) is 0 Å². The topological polar surface area (TPSA) is 32.8 Å². The van der Waals surface area contributed by atoms with Crippen LogP contribution in [-0.4, -0.2) is 49.0 Å². The SMILES string of the molecule is COc1cccc(CN2CCC(=O)N(CC3CCCCC3)CC2)c1. The number of methoxy groups -OCH3 is 1. The van der Waals surface area contributed by atoms with Crippen LogP contribution in [0.4, 0.5) is 0 Å². The fourth-order valence-corrected chi connectivity index (χ4v) is 3.97. The predicted molar refractivity (Wildman–Crippen MR) is 96.0 cm³/mol. The van der Waals surface area contributed by atoms with Crippen LogP contribution in [0.3, 0.4) is 0 Å². The molecule has 1 aliphatic carbocycles. The van der Waals surface area contributed by atoms with Gasteiger partial charge in [0.15, 0.2) is 0 Å². The molecule has 0 N–H and O–H groups in total. The number of rotatable bonds is 5. The Labute approximate surface area is 145 Å². The van der Waals surface area contributed by atoms with Crippen molar-refractivity contribution >= 4 is 5.91 Å². The first-order valence-electron chi connectivity index (χ1n) is 9.37. The van der Waals surface area contributed by atoms with Crippen molar-refractivity contribution in [3.8, 4) is 5.75 Å². The molecule has 1 saturated carbocycles. The van der Waals surface area contributed by atoms with Gasteiger partial charge in [0.1, 0.15) is 5.75 Å². The summed E-state index contributed by atoms with van der Waals surface area (Å²) in [6.07, 6.45) is 7.31. The van der Waals surface area contributed by atoms with Crippen molar-refractivity contribution in [1.82, 2.24) is 9.80 Å². The molecule has 0 unspecified atom stereocenters. The number of amides is 1. The fraction of sp³-hybridized carbons (Fsp3) is 0.650. The lowest BCUT2D eigenvalue weighted by Crippen LogP contribution is -2.37. The molecule has 0 spiro atoms. The lowest BCUT2D eigenvalue weighted by Gasteiger charge is -2.29. The summed E-state index contributed by atoms with van der Waals surface area (Å²) in [6.45, 7) is 4.57. The Morgan fingerprint density at radius 1 is 1.12 bits per heavy atom.